The van der Waals surface area contributed by atoms with Gasteiger partial charge >= 0.3 is 0 Å². The van der Waals surface area contributed by atoms with Gasteiger partial charge in [-0.3, -0.25) is 4.79 Å². The summed E-state index contributed by atoms with van der Waals surface area (Å²) in [6.07, 6.45) is 1.85. The van der Waals surface area contributed by atoms with E-state index in [4.69, 9.17) is 11.6 Å². The second-order valence-electron chi connectivity index (χ2n) is 7.07. The van der Waals surface area contributed by atoms with Gasteiger partial charge in [-0.05, 0) is 26.2 Å². The molecule has 1 saturated heterocycles. The van der Waals surface area contributed by atoms with Crippen LogP contribution in [0.15, 0.2) is 11.0 Å². The van der Waals surface area contributed by atoms with Crippen molar-refractivity contribution in [2.24, 2.45) is 0 Å². The van der Waals surface area contributed by atoms with E-state index >= 15 is 0 Å². The van der Waals surface area contributed by atoms with Gasteiger partial charge in [-0.15, -0.1) is 0 Å². The van der Waals surface area contributed by atoms with Crippen molar-refractivity contribution in [1.29, 1.82) is 0 Å². The minimum Gasteiger partial charge on any atom is -0.365 e. The van der Waals surface area contributed by atoms with Crippen LogP contribution in [0, 0.1) is 6.92 Å². The van der Waals surface area contributed by atoms with Crippen LogP contribution in [0.1, 0.15) is 23.5 Å². The van der Waals surface area contributed by atoms with Gasteiger partial charge in [-0.1, -0.05) is 11.6 Å². The van der Waals surface area contributed by atoms with Crippen molar-refractivity contribution >= 4 is 23.1 Å². The molecule has 1 fully saturated rings. The van der Waals surface area contributed by atoms with Crippen LogP contribution in [0.25, 0.3) is 0 Å². The maximum atomic E-state index is 12.5. The first-order valence-electron chi connectivity index (χ1n) is 9.34. The lowest BCUT2D eigenvalue weighted by Gasteiger charge is -2.37. The summed E-state index contributed by atoms with van der Waals surface area (Å²) in [5.41, 5.74) is 2.19. The topological polar surface area (TPSA) is 67.2 Å². The van der Waals surface area contributed by atoms with Crippen molar-refractivity contribution in [2.75, 3.05) is 36.0 Å². The number of anilines is 2. The first kappa shape index (κ1) is 19.0. The highest BCUT2D eigenvalue weighted by molar-refractivity contribution is 6.33. The molecule has 0 unspecified atom stereocenters. The summed E-state index contributed by atoms with van der Waals surface area (Å²) in [6.45, 7) is 3.87. The molecule has 0 bridgehead atoms. The summed E-state index contributed by atoms with van der Waals surface area (Å²) >= 11 is 6.17. The van der Waals surface area contributed by atoms with Crippen LogP contribution < -0.4 is 15.4 Å². The summed E-state index contributed by atoms with van der Waals surface area (Å²) < 4.78 is 25.8. The summed E-state index contributed by atoms with van der Waals surface area (Å²) in [5, 5.41) is 3.79. The van der Waals surface area contributed by atoms with Crippen LogP contribution in [0.4, 0.5) is 20.3 Å². The van der Waals surface area contributed by atoms with Crippen LogP contribution in [0.5, 0.6) is 0 Å². The SMILES string of the molecule is Cc1nc2c(c(N3CCN(c4cnn(CC(F)F)c(=O)c4Cl)CC3)n1)CCC2. The highest BCUT2D eigenvalue weighted by atomic mass is 35.5. The van der Waals surface area contributed by atoms with Crippen molar-refractivity contribution in [3.8, 4) is 0 Å². The maximum absolute atomic E-state index is 12.5. The minimum absolute atomic E-state index is 0.0668. The molecule has 2 aromatic heterocycles. The first-order valence-corrected chi connectivity index (χ1v) is 9.72. The molecule has 0 aromatic carbocycles. The van der Waals surface area contributed by atoms with Crippen molar-refractivity contribution in [3.05, 3.63) is 38.7 Å². The molecule has 1 aliphatic heterocycles. The Labute approximate surface area is 165 Å². The summed E-state index contributed by atoms with van der Waals surface area (Å²) in [7, 11) is 0. The fourth-order valence-corrected chi connectivity index (χ4v) is 4.16. The Balaban J connectivity index is 1.51. The minimum atomic E-state index is -2.66. The first-order chi connectivity index (χ1) is 13.4. The third-order valence-corrected chi connectivity index (χ3v) is 5.58. The Morgan fingerprint density at radius 2 is 1.86 bits per heavy atom. The van der Waals surface area contributed by atoms with Gasteiger partial charge in [0.2, 0.25) is 0 Å². The summed E-state index contributed by atoms with van der Waals surface area (Å²) in [6, 6.07) is 0. The lowest BCUT2D eigenvalue weighted by Crippen LogP contribution is -2.48. The lowest BCUT2D eigenvalue weighted by atomic mass is 10.2. The molecule has 10 heteroatoms. The van der Waals surface area contributed by atoms with E-state index in [-0.39, 0.29) is 5.02 Å². The third kappa shape index (κ3) is 3.55. The number of aryl methyl sites for hydroxylation is 2. The Morgan fingerprint density at radius 3 is 2.57 bits per heavy atom. The predicted octanol–water partition coefficient (Wildman–Crippen LogP) is 2.08. The number of halogens is 3. The number of hydrogen-bond acceptors (Lipinski definition) is 6. The Morgan fingerprint density at radius 1 is 1.14 bits per heavy atom. The fourth-order valence-electron chi connectivity index (χ4n) is 3.89. The van der Waals surface area contributed by atoms with Gasteiger partial charge in [0.25, 0.3) is 12.0 Å². The zero-order chi connectivity index (χ0) is 19.8. The van der Waals surface area contributed by atoms with Crippen LogP contribution >= 0.6 is 11.6 Å². The van der Waals surface area contributed by atoms with Crippen molar-refractivity contribution in [1.82, 2.24) is 19.7 Å². The van der Waals surface area contributed by atoms with E-state index in [1.165, 1.54) is 11.8 Å². The molecule has 2 aliphatic rings. The number of aromatic nitrogens is 4. The van der Waals surface area contributed by atoms with Crippen LogP contribution in [-0.4, -0.2) is 52.4 Å². The summed E-state index contributed by atoms with van der Waals surface area (Å²) in [5.74, 6) is 1.80. The number of alkyl halides is 2. The van der Waals surface area contributed by atoms with E-state index < -0.39 is 18.5 Å². The molecule has 150 valence electrons. The van der Waals surface area contributed by atoms with E-state index in [9.17, 15) is 13.6 Å². The second kappa shape index (κ2) is 7.62. The van der Waals surface area contributed by atoms with Crippen molar-refractivity contribution in [2.45, 2.75) is 39.2 Å². The molecule has 0 spiro atoms. The van der Waals surface area contributed by atoms with Crippen LogP contribution in [0.3, 0.4) is 0 Å². The second-order valence-corrected chi connectivity index (χ2v) is 7.45. The molecule has 0 atom stereocenters. The number of piperazine rings is 1. The largest absolute Gasteiger partial charge is 0.365 e. The molecule has 0 saturated carbocycles. The molecule has 7 nitrogen and oxygen atoms in total. The van der Waals surface area contributed by atoms with Gasteiger partial charge in [-0.25, -0.2) is 23.4 Å². The van der Waals surface area contributed by atoms with Gasteiger partial charge < -0.3 is 9.80 Å². The van der Waals surface area contributed by atoms with E-state index in [0.717, 1.165) is 49.7 Å². The van der Waals surface area contributed by atoms with Gasteiger partial charge in [0.1, 0.15) is 23.2 Å². The highest BCUT2D eigenvalue weighted by Gasteiger charge is 2.26. The standard InChI is InChI=1S/C18H21ClF2N6O/c1-11-23-13-4-2-3-12(13)17(24-11)26-7-5-25(6-8-26)14-9-22-27(10-15(20)21)18(28)16(14)19/h9,15H,2-8,10H2,1H3. The molecule has 0 amide bonds. The normalized spacial score (nSPS) is 16.8. The Hall–Kier alpha value is -2.29. The molecule has 3 heterocycles. The molecule has 0 radical (unpaired) electrons. The smallest absolute Gasteiger partial charge is 0.287 e. The molecule has 1 aliphatic carbocycles. The zero-order valence-electron chi connectivity index (χ0n) is 15.5. The van der Waals surface area contributed by atoms with E-state index in [0.29, 0.717) is 23.5 Å². The molecular formula is C18H21ClF2N6O. The van der Waals surface area contributed by atoms with Gasteiger partial charge in [0, 0.05) is 37.4 Å². The van der Waals surface area contributed by atoms with E-state index in [1.807, 2.05) is 11.8 Å². The number of hydrogen-bond donors (Lipinski definition) is 0. The third-order valence-electron chi connectivity index (χ3n) is 5.22. The molecule has 2 aromatic rings. The van der Waals surface area contributed by atoms with E-state index in [1.54, 1.807) is 0 Å². The average molecular weight is 411 g/mol. The number of nitrogens with zero attached hydrogens (tertiary/aromatic N) is 6. The van der Waals surface area contributed by atoms with Crippen LogP contribution in [-0.2, 0) is 19.4 Å². The zero-order valence-corrected chi connectivity index (χ0v) is 16.3. The van der Waals surface area contributed by atoms with Crippen molar-refractivity contribution in [3.63, 3.8) is 0 Å². The molecule has 4 rings (SSSR count). The molecule has 28 heavy (non-hydrogen) atoms. The molecular weight excluding hydrogens is 390 g/mol. The highest BCUT2D eigenvalue weighted by Crippen LogP contribution is 2.30. The van der Waals surface area contributed by atoms with E-state index in [2.05, 4.69) is 20.0 Å². The predicted molar refractivity (Wildman–Crippen MR) is 103 cm³/mol. The van der Waals surface area contributed by atoms with Gasteiger partial charge in [0.05, 0.1) is 11.9 Å². The Bertz CT molecular complexity index is 942. The Kier molecular flexibility index (Phi) is 5.18. The van der Waals surface area contributed by atoms with Crippen LogP contribution in [0.2, 0.25) is 5.02 Å². The number of fused-ring (bicyclic) bond motifs is 1. The van der Waals surface area contributed by atoms with Gasteiger partial charge in [0.15, 0.2) is 0 Å². The van der Waals surface area contributed by atoms with Crippen molar-refractivity contribution < 1.29 is 8.78 Å². The maximum Gasteiger partial charge on any atom is 0.287 e. The monoisotopic (exact) mass is 410 g/mol. The fraction of sp³-hybridized carbons (Fsp3) is 0.556. The average Bonchev–Trinajstić information content (AvgIpc) is 3.13. The quantitative estimate of drug-likeness (QED) is 0.768. The lowest BCUT2D eigenvalue weighted by molar-refractivity contribution is 0.119. The number of rotatable bonds is 4. The van der Waals surface area contributed by atoms with Gasteiger partial charge in [-0.2, -0.15) is 5.10 Å². The molecule has 0 N–H and O–H groups in total. The summed E-state index contributed by atoms with van der Waals surface area (Å²) in [4.78, 5) is 25.6.